The second kappa shape index (κ2) is 4.00. The second-order valence-electron chi connectivity index (χ2n) is 5.47. The van der Waals surface area contributed by atoms with Crippen molar-refractivity contribution in [3.63, 3.8) is 0 Å². The summed E-state index contributed by atoms with van der Waals surface area (Å²) in [7, 11) is 4.46. The summed E-state index contributed by atoms with van der Waals surface area (Å²) in [4.78, 5) is 10.2. The number of hydrogen-bond donors (Lipinski definition) is 0. The third-order valence-corrected chi connectivity index (χ3v) is 5.72. The first-order chi connectivity index (χ1) is 7.67. The molecule has 90 valence electrons. The molecule has 3 nitrogen and oxygen atoms in total. The summed E-state index contributed by atoms with van der Waals surface area (Å²) in [6.07, 6.45) is 3.70. The summed E-state index contributed by atoms with van der Waals surface area (Å²) in [5.74, 6) is 0. The SMILES string of the molecule is CN1CCC2(CC1)N=C1CCN(C)C[C@@H]1S2. The number of piperidine rings is 2. The summed E-state index contributed by atoms with van der Waals surface area (Å²) in [5, 5.41) is 0.696. The third-order valence-electron chi connectivity index (χ3n) is 4.08. The van der Waals surface area contributed by atoms with Crippen molar-refractivity contribution in [2.75, 3.05) is 40.3 Å². The molecule has 0 saturated carbocycles. The number of hydrogen-bond acceptors (Lipinski definition) is 4. The van der Waals surface area contributed by atoms with Gasteiger partial charge >= 0.3 is 0 Å². The molecule has 3 rings (SSSR count). The zero-order chi connectivity index (χ0) is 11.2. The Bertz CT molecular complexity index is 307. The fourth-order valence-electron chi connectivity index (χ4n) is 2.93. The second-order valence-corrected chi connectivity index (χ2v) is 7.04. The molecule has 0 aromatic rings. The molecule has 0 amide bonds. The van der Waals surface area contributed by atoms with Crippen LogP contribution in [0.1, 0.15) is 19.3 Å². The van der Waals surface area contributed by atoms with E-state index in [0.29, 0.717) is 5.25 Å². The third kappa shape index (κ3) is 1.91. The van der Waals surface area contributed by atoms with E-state index in [-0.39, 0.29) is 4.87 Å². The average molecular weight is 239 g/mol. The van der Waals surface area contributed by atoms with Crippen LogP contribution < -0.4 is 0 Å². The van der Waals surface area contributed by atoms with Crippen molar-refractivity contribution in [1.29, 1.82) is 0 Å². The van der Waals surface area contributed by atoms with Crippen molar-refractivity contribution in [2.24, 2.45) is 4.99 Å². The van der Waals surface area contributed by atoms with Crippen molar-refractivity contribution >= 4 is 17.5 Å². The number of rotatable bonds is 0. The Morgan fingerprint density at radius 1 is 1.19 bits per heavy atom. The van der Waals surface area contributed by atoms with Crippen molar-refractivity contribution < 1.29 is 0 Å². The minimum atomic E-state index is 0.262. The highest BCUT2D eigenvalue weighted by Gasteiger charge is 2.44. The Hall–Kier alpha value is -0.0600. The standard InChI is InChI=1S/C12H21N3S/c1-14-7-4-12(5-8-14)13-10-3-6-15(2)9-11(10)16-12/h11H,3-9H2,1-2H3/t11-/m0/s1. The van der Waals surface area contributed by atoms with Gasteiger partial charge in [0.15, 0.2) is 0 Å². The molecule has 16 heavy (non-hydrogen) atoms. The van der Waals surface area contributed by atoms with Crippen molar-refractivity contribution in [2.45, 2.75) is 29.4 Å². The van der Waals surface area contributed by atoms with E-state index in [9.17, 15) is 0 Å². The molecule has 4 heteroatoms. The van der Waals surface area contributed by atoms with Gasteiger partial charge in [0.1, 0.15) is 4.87 Å². The molecule has 2 saturated heterocycles. The van der Waals surface area contributed by atoms with Gasteiger partial charge in [-0.15, -0.1) is 11.8 Å². The lowest BCUT2D eigenvalue weighted by atomic mass is 10.0. The molecular weight excluding hydrogens is 218 g/mol. The lowest BCUT2D eigenvalue weighted by molar-refractivity contribution is 0.244. The van der Waals surface area contributed by atoms with Gasteiger partial charge in [-0.1, -0.05) is 0 Å². The summed E-state index contributed by atoms with van der Waals surface area (Å²) < 4.78 is 0. The molecule has 1 spiro atoms. The molecule has 3 aliphatic heterocycles. The zero-order valence-electron chi connectivity index (χ0n) is 10.3. The van der Waals surface area contributed by atoms with Crippen LogP contribution in [0.2, 0.25) is 0 Å². The van der Waals surface area contributed by atoms with Crippen LogP contribution in [-0.2, 0) is 0 Å². The molecule has 3 aliphatic rings. The molecule has 2 fully saturated rings. The quantitative estimate of drug-likeness (QED) is 0.635. The first kappa shape index (κ1) is 11.1. The van der Waals surface area contributed by atoms with Gasteiger partial charge < -0.3 is 9.80 Å². The van der Waals surface area contributed by atoms with E-state index in [1.807, 2.05) is 0 Å². The Kier molecular flexibility index (Phi) is 2.76. The maximum Gasteiger partial charge on any atom is 0.109 e. The highest BCUT2D eigenvalue weighted by Crippen LogP contribution is 2.46. The Labute approximate surface area is 102 Å². The van der Waals surface area contributed by atoms with E-state index in [2.05, 4.69) is 35.7 Å². The van der Waals surface area contributed by atoms with Gasteiger partial charge in [0.25, 0.3) is 0 Å². The van der Waals surface area contributed by atoms with Crippen LogP contribution in [0.25, 0.3) is 0 Å². The van der Waals surface area contributed by atoms with Crippen molar-refractivity contribution in [3.8, 4) is 0 Å². The lowest BCUT2D eigenvalue weighted by Crippen LogP contribution is -2.40. The molecule has 0 N–H and O–H groups in total. The summed E-state index contributed by atoms with van der Waals surface area (Å²) in [5.41, 5.74) is 1.51. The highest BCUT2D eigenvalue weighted by molar-refractivity contribution is 8.02. The Morgan fingerprint density at radius 2 is 1.94 bits per heavy atom. The number of likely N-dealkylation sites (tertiary alicyclic amines) is 2. The summed E-state index contributed by atoms with van der Waals surface area (Å²) in [6.45, 7) is 4.84. The van der Waals surface area contributed by atoms with Gasteiger partial charge in [-0.2, -0.15) is 0 Å². The molecule has 0 radical (unpaired) electrons. The van der Waals surface area contributed by atoms with E-state index in [1.54, 1.807) is 0 Å². The van der Waals surface area contributed by atoms with Crippen LogP contribution in [0, 0.1) is 0 Å². The molecule has 0 bridgehead atoms. The molecule has 1 atom stereocenters. The number of nitrogens with zero attached hydrogens (tertiary/aromatic N) is 3. The first-order valence-electron chi connectivity index (χ1n) is 6.30. The normalized spacial score (nSPS) is 35.1. The van der Waals surface area contributed by atoms with Gasteiger partial charge in [-0.25, -0.2) is 0 Å². The largest absolute Gasteiger partial charge is 0.306 e. The van der Waals surface area contributed by atoms with Crippen LogP contribution in [0.4, 0.5) is 0 Å². The van der Waals surface area contributed by atoms with E-state index >= 15 is 0 Å². The monoisotopic (exact) mass is 239 g/mol. The highest BCUT2D eigenvalue weighted by atomic mass is 32.2. The van der Waals surface area contributed by atoms with E-state index < -0.39 is 0 Å². The smallest absolute Gasteiger partial charge is 0.109 e. The van der Waals surface area contributed by atoms with Crippen LogP contribution in [0.15, 0.2) is 4.99 Å². The molecule has 0 unspecified atom stereocenters. The van der Waals surface area contributed by atoms with Gasteiger partial charge in [0.2, 0.25) is 0 Å². The molecular formula is C12H21N3S. The van der Waals surface area contributed by atoms with Crippen molar-refractivity contribution in [1.82, 2.24) is 9.80 Å². The van der Waals surface area contributed by atoms with Gasteiger partial charge in [-0.05, 0) is 33.4 Å². The number of aliphatic imine (C=N–C) groups is 1. The van der Waals surface area contributed by atoms with Gasteiger partial charge in [0, 0.05) is 31.9 Å². The number of thioether (sulfide) groups is 1. The lowest BCUT2D eigenvalue weighted by Gasteiger charge is -2.35. The number of fused-ring (bicyclic) bond motifs is 1. The van der Waals surface area contributed by atoms with E-state index in [1.165, 1.54) is 51.2 Å². The maximum atomic E-state index is 5.10. The molecule has 0 aromatic heterocycles. The molecule has 0 aliphatic carbocycles. The fourth-order valence-corrected chi connectivity index (χ4v) is 4.68. The van der Waals surface area contributed by atoms with E-state index in [0.717, 1.165) is 0 Å². The summed E-state index contributed by atoms with van der Waals surface area (Å²) >= 11 is 2.15. The predicted octanol–water partition coefficient (Wildman–Crippen LogP) is 1.30. The van der Waals surface area contributed by atoms with Crippen molar-refractivity contribution in [3.05, 3.63) is 0 Å². The topological polar surface area (TPSA) is 18.8 Å². The summed E-state index contributed by atoms with van der Waals surface area (Å²) in [6, 6.07) is 0. The van der Waals surface area contributed by atoms with Gasteiger partial charge in [-0.3, -0.25) is 4.99 Å². The van der Waals surface area contributed by atoms with Crippen LogP contribution in [0.3, 0.4) is 0 Å². The Balaban J connectivity index is 1.74. The van der Waals surface area contributed by atoms with Gasteiger partial charge in [0.05, 0.1) is 5.25 Å². The zero-order valence-corrected chi connectivity index (χ0v) is 11.1. The minimum Gasteiger partial charge on any atom is -0.306 e. The van der Waals surface area contributed by atoms with Crippen LogP contribution in [-0.4, -0.2) is 65.9 Å². The first-order valence-corrected chi connectivity index (χ1v) is 7.18. The van der Waals surface area contributed by atoms with Crippen LogP contribution >= 0.6 is 11.8 Å². The Morgan fingerprint density at radius 3 is 2.69 bits per heavy atom. The molecule has 3 heterocycles. The van der Waals surface area contributed by atoms with E-state index in [4.69, 9.17) is 4.99 Å². The predicted molar refractivity (Wildman–Crippen MR) is 70.4 cm³/mol. The fraction of sp³-hybridized carbons (Fsp3) is 0.917. The maximum absolute atomic E-state index is 5.10. The van der Waals surface area contributed by atoms with Crippen LogP contribution in [0.5, 0.6) is 0 Å². The molecule has 0 aromatic carbocycles. The average Bonchev–Trinajstić information content (AvgIpc) is 2.60. The minimum absolute atomic E-state index is 0.262.